The molecule has 4 rings (SSSR count). The van der Waals surface area contributed by atoms with Crippen LogP contribution in [0.3, 0.4) is 0 Å². The summed E-state index contributed by atoms with van der Waals surface area (Å²) in [7, 11) is 0. The van der Waals surface area contributed by atoms with Crippen LogP contribution in [-0.4, -0.2) is 29.1 Å². The molecule has 1 aromatic heterocycles. The maximum Gasteiger partial charge on any atom is 0.340 e. The van der Waals surface area contributed by atoms with E-state index in [0.29, 0.717) is 16.6 Å². The lowest BCUT2D eigenvalue weighted by Gasteiger charge is -2.20. The standard InChI is InChI=1S/C21H18N2O7/c24-15-4-5-16-13(9-20(25)30-19(16)11-15)12-29-21(26)17-10-14(23(27)28)3-6-18(17)22-7-1-2-8-22/h3-6,9-11,24H,1-2,7-8,12H2. The molecule has 0 spiro atoms. The van der Waals surface area contributed by atoms with E-state index in [9.17, 15) is 24.8 Å². The average molecular weight is 410 g/mol. The predicted molar refractivity (Wildman–Crippen MR) is 108 cm³/mol. The Balaban J connectivity index is 1.64. The van der Waals surface area contributed by atoms with Gasteiger partial charge in [-0.15, -0.1) is 0 Å². The number of hydrogen-bond donors (Lipinski definition) is 1. The number of carbonyl (C=O) groups is 1. The first kappa shape index (κ1) is 19.4. The molecule has 3 aromatic rings. The summed E-state index contributed by atoms with van der Waals surface area (Å²) in [5, 5.41) is 21.3. The molecule has 1 saturated heterocycles. The fourth-order valence-electron chi connectivity index (χ4n) is 3.59. The summed E-state index contributed by atoms with van der Waals surface area (Å²) in [6, 6.07) is 9.64. The van der Waals surface area contributed by atoms with Crippen LogP contribution in [0.4, 0.5) is 11.4 Å². The second-order valence-electron chi connectivity index (χ2n) is 7.00. The minimum Gasteiger partial charge on any atom is -0.508 e. The highest BCUT2D eigenvalue weighted by atomic mass is 16.6. The van der Waals surface area contributed by atoms with Crippen LogP contribution in [0, 0.1) is 10.1 Å². The number of aromatic hydroxyl groups is 1. The molecule has 2 heterocycles. The maximum atomic E-state index is 12.8. The summed E-state index contributed by atoms with van der Waals surface area (Å²) in [5.74, 6) is -0.785. The fourth-order valence-corrected chi connectivity index (χ4v) is 3.59. The topological polar surface area (TPSA) is 123 Å². The molecule has 1 aliphatic rings. The molecule has 0 saturated carbocycles. The van der Waals surface area contributed by atoms with Gasteiger partial charge in [0.05, 0.1) is 16.2 Å². The summed E-state index contributed by atoms with van der Waals surface area (Å²) in [5.41, 5.74) is 0.421. The third-order valence-corrected chi connectivity index (χ3v) is 5.03. The number of phenols is 1. The second kappa shape index (κ2) is 7.86. The van der Waals surface area contributed by atoms with Gasteiger partial charge in [0.2, 0.25) is 0 Å². The first-order valence-corrected chi connectivity index (χ1v) is 9.38. The normalized spacial score (nSPS) is 13.5. The van der Waals surface area contributed by atoms with Gasteiger partial charge >= 0.3 is 11.6 Å². The summed E-state index contributed by atoms with van der Waals surface area (Å²) in [6.07, 6.45) is 1.95. The van der Waals surface area contributed by atoms with E-state index < -0.39 is 16.5 Å². The van der Waals surface area contributed by atoms with Crippen molar-refractivity contribution in [3.63, 3.8) is 0 Å². The molecule has 1 fully saturated rings. The fraction of sp³-hybridized carbons (Fsp3) is 0.238. The van der Waals surface area contributed by atoms with E-state index in [4.69, 9.17) is 9.15 Å². The molecular weight excluding hydrogens is 392 g/mol. The maximum absolute atomic E-state index is 12.8. The van der Waals surface area contributed by atoms with Gasteiger partial charge in [-0.1, -0.05) is 0 Å². The highest BCUT2D eigenvalue weighted by molar-refractivity contribution is 5.97. The Kier molecular flexibility index (Phi) is 5.09. The number of esters is 1. The number of nitro groups is 1. The van der Waals surface area contributed by atoms with E-state index >= 15 is 0 Å². The van der Waals surface area contributed by atoms with Gasteiger partial charge in [-0.2, -0.15) is 0 Å². The zero-order chi connectivity index (χ0) is 21.3. The number of nitrogens with zero attached hydrogens (tertiary/aromatic N) is 2. The van der Waals surface area contributed by atoms with E-state index in [0.717, 1.165) is 25.9 Å². The van der Waals surface area contributed by atoms with Crippen molar-refractivity contribution in [1.29, 1.82) is 0 Å². The summed E-state index contributed by atoms with van der Waals surface area (Å²) in [6.45, 7) is 1.28. The van der Waals surface area contributed by atoms with E-state index in [1.54, 1.807) is 12.1 Å². The minimum atomic E-state index is -0.722. The summed E-state index contributed by atoms with van der Waals surface area (Å²) < 4.78 is 10.5. The van der Waals surface area contributed by atoms with Crippen molar-refractivity contribution in [2.24, 2.45) is 0 Å². The lowest BCUT2D eigenvalue weighted by atomic mass is 10.1. The number of non-ortho nitro benzene ring substituents is 1. The van der Waals surface area contributed by atoms with E-state index in [1.165, 1.54) is 30.3 Å². The first-order valence-electron chi connectivity index (χ1n) is 9.38. The molecule has 0 bridgehead atoms. The number of rotatable bonds is 5. The van der Waals surface area contributed by atoms with Crippen molar-refractivity contribution in [1.82, 2.24) is 0 Å². The van der Waals surface area contributed by atoms with Crippen molar-refractivity contribution in [2.45, 2.75) is 19.4 Å². The average Bonchev–Trinajstić information content (AvgIpc) is 3.25. The van der Waals surface area contributed by atoms with Crippen LogP contribution < -0.4 is 10.5 Å². The Hall–Kier alpha value is -3.88. The highest BCUT2D eigenvalue weighted by Gasteiger charge is 2.23. The first-order chi connectivity index (χ1) is 14.4. The van der Waals surface area contributed by atoms with Crippen LogP contribution >= 0.6 is 0 Å². The summed E-state index contributed by atoms with van der Waals surface area (Å²) >= 11 is 0. The number of anilines is 1. The molecule has 9 heteroatoms. The molecule has 0 atom stereocenters. The van der Waals surface area contributed by atoms with Gasteiger partial charge < -0.3 is 19.2 Å². The molecule has 0 aliphatic carbocycles. The highest BCUT2D eigenvalue weighted by Crippen LogP contribution is 2.29. The van der Waals surface area contributed by atoms with Crippen molar-refractivity contribution in [2.75, 3.05) is 18.0 Å². The van der Waals surface area contributed by atoms with Crippen molar-refractivity contribution < 1.29 is 24.0 Å². The lowest BCUT2D eigenvalue weighted by molar-refractivity contribution is -0.384. The number of phenolic OH excluding ortho intramolecular Hbond substituents is 1. The van der Waals surface area contributed by atoms with Gasteiger partial charge in [-0.05, 0) is 31.0 Å². The lowest BCUT2D eigenvalue weighted by Crippen LogP contribution is -2.21. The SMILES string of the molecule is O=C(OCc1cc(=O)oc2cc(O)ccc12)c1cc([N+](=O)[O-])ccc1N1CCCC1. The predicted octanol–water partition coefficient (Wildman–Crippen LogP) is 3.36. The molecule has 154 valence electrons. The van der Waals surface area contributed by atoms with Gasteiger partial charge in [0.25, 0.3) is 5.69 Å². The van der Waals surface area contributed by atoms with Crippen LogP contribution in [0.25, 0.3) is 11.0 Å². The van der Waals surface area contributed by atoms with Crippen LogP contribution in [-0.2, 0) is 11.3 Å². The van der Waals surface area contributed by atoms with Crippen LogP contribution in [0.1, 0.15) is 28.8 Å². The number of carbonyl (C=O) groups excluding carboxylic acids is 1. The van der Waals surface area contributed by atoms with Gasteiger partial charge in [0.15, 0.2) is 0 Å². The number of fused-ring (bicyclic) bond motifs is 1. The molecule has 9 nitrogen and oxygen atoms in total. The molecule has 0 amide bonds. The van der Waals surface area contributed by atoms with Crippen LogP contribution in [0.2, 0.25) is 0 Å². The van der Waals surface area contributed by atoms with Gasteiger partial charge in [0, 0.05) is 48.3 Å². The van der Waals surface area contributed by atoms with Gasteiger partial charge in [0.1, 0.15) is 17.9 Å². The van der Waals surface area contributed by atoms with Crippen LogP contribution in [0.5, 0.6) is 5.75 Å². The quantitative estimate of drug-likeness (QED) is 0.294. The minimum absolute atomic E-state index is 0.0633. The number of hydrogen-bond acceptors (Lipinski definition) is 8. The summed E-state index contributed by atoms with van der Waals surface area (Å²) in [4.78, 5) is 37.2. The Morgan fingerprint density at radius 1 is 1.17 bits per heavy atom. The van der Waals surface area contributed by atoms with E-state index in [2.05, 4.69) is 0 Å². The smallest absolute Gasteiger partial charge is 0.340 e. The third kappa shape index (κ3) is 3.82. The van der Waals surface area contributed by atoms with Gasteiger partial charge in [-0.25, -0.2) is 9.59 Å². The Bertz CT molecular complexity index is 1200. The van der Waals surface area contributed by atoms with Crippen molar-refractivity contribution in [3.8, 4) is 5.75 Å². The monoisotopic (exact) mass is 410 g/mol. The van der Waals surface area contributed by atoms with Crippen molar-refractivity contribution in [3.05, 3.63) is 74.1 Å². The van der Waals surface area contributed by atoms with Gasteiger partial charge in [-0.3, -0.25) is 10.1 Å². The zero-order valence-electron chi connectivity index (χ0n) is 15.9. The molecule has 0 radical (unpaired) electrons. The van der Waals surface area contributed by atoms with Crippen molar-refractivity contribution >= 4 is 28.3 Å². The Morgan fingerprint density at radius 3 is 2.67 bits per heavy atom. The second-order valence-corrected chi connectivity index (χ2v) is 7.00. The van der Waals surface area contributed by atoms with E-state index in [-0.39, 0.29) is 29.2 Å². The van der Waals surface area contributed by atoms with Crippen LogP contribution in [0.15, 0.2) is 51.7 Å². The Morgan fingerprint density at radius 2 is 1.93 bits per heavy atom. The number of nitro benzene ring substituents is 1. The third-order valence-electron chi connectivity index (χ3n) is 5.03. The Labute approximate surface area is 170 Å². The number of benzene rings is 2. The largest absolute Gasteiger partial charge is 0.508 e. The zero-order valence-corrected chi connectivity index (χ0v) is 15.9. The molecule has 30 heavy (non-hydrogen) atoms. The molecule has 0 unspecified atom stereocenters. The van der Waals surface area contributed by atoms with E-state index in [1.807, 2.05) is 4.90 Å². The number of ether oxygens (including phenoxy) is 1. The molecule has 2 aromatic carbocycles. The molecule has 1 N–H and O–H groups in total. The molecular formula is C21H18N2O7. The molecule has 1 aliphatic heterocycles.